The summed E-state index contributed by atoms with van der Waals surface area (Å²) in [6.45, 7) is 3.84. The van der Waals surface area contributed by atoms with Crippen LogP contribution >= 0.6 is 0 Å². The topological polar surface area (TPSA) is 72.3 Å². The maximum absolute atomic E-state index is 9.76. The molecule has 1 rings (SSSR count). The molecule has 0 aromatic carbocycles. The van der Waals surface area contributed by atoms with E-state index in [2.05, 4.69) is 4.98 Å². The fourth-order valence-electron chi connectivity index (χ4n) is 0.992. The minimum Gasteiger partial charge on any atom is -0.443 e. The van der Waals surface area contributed by atoms with Crippen LogP contribution in [-0.2, 0) is 5.60 Å². The fourth-order valence-corrected chi connectivity index (χ4v) is 0.992. The van der Waals surface area contributed by atoms with Gasteiger partial charge >= 0.3 is 0 Å². The van der Waals surface area contributed by atoms with Gasteiger partial charge in [-0.2, -0.15) is 0 Å². The number of aromatic nitrogens is 1. The van der Waals surface area contributed by atoms with Crippen molar-refractivity contribution in [2.45, 2.75) is 25.9 Å². The third kappa shape index (κ3) is 1.84. The summed E-state index contributed by atoms with van der Waals surface area (Å²) in [5.74, 6) is 1.03. The minimum atomic E-state index is -1.04. The van der Waals surface area contributed by atoms with Crippen LogP contribution < -0.4 is 5.73 Å². The van der Waals surface area contributed by atoms with Crippen molar-refractivity contribution in [1.82, 2.24) is 4.98 Å². The predicted molar refractivity (Wildman–Crippen MR) is 44.5 cm³/mol. The molecule has 0 aliphatic heterocycles. The number of hydrogen-bond acceptors (Lipinski definition) is 4. The first-order chi connectivity index (χ1) is 5.56. The summed E-state index contributed by atoms with van der Waals surface area (Å²) in [5.41, 5.74) is 4.29. The highest BCUT2D eigenvalue weighted by Crippen LogP contribution is 2.22. The zero-order chi connectivity index (χ0) is 9.19. The van der Waals surface area contributed by atoms with Gasteiger partial charge < -0.3 is 15.3 Å². The lowest BCUT2D eigenvalue weighted by Gasteiger charge is -2.17. The molecule has 68 valence electrons. The van der Waals surface area contributed by atoms with Gasteiger partial charge in [-0.3, -0.25) is 0 Å². The van der Waals surface area contributed by atoms with Gasteiger partial charge in [-0.1, -0.05) is 0 Å². The Kier molecular flexibility index (Phi) is 2.49. The second-order valence-electron chi connectivity index (χ2n) is 3.09. The zero-order valence-corrected chi connectivity index (χ0v) is 7.37. The molecule has 1 atom stereocenters. The second-order valence-corrected chi connectivity index (χ2v) is 3.09. The number of hydrogen-bond donors (Lipinski definition) is 2. The molecule has 1 aromatic rings. The van der Waals surface area contributed by atoms with Gasteiger partial charge in [0.05, 0.1) is 6.20 Å². The van der Waals surface area contributed by atoms with E-state index in [0.717, 1.165) is 0 Å². The number of aryl methyl sites for hydroxylation is 1. The molecule has 0 bridgehead atoms. The smallest absolute Gasteiger partial charge is 0.226 e. The van der Waals surface area contributed by atoms with Crippen LogP contribution in [0.1, 0.15) is 25.0 Å². The van der Waals surface area contributed by atoms with E-state index in [4.69, 9.17) is 10.2 Å². The van der Waals surface area contributed by atoms with Gasteiger partial charge in [-0.25, -0.2) is 4.98 Å². The normalized spacial score (nSPS) is 16.0. The Balaban J connectivity index is 2.81. The second kappa shape index (κ2) is 3.25. The van der Waals surface area contributed by atoms with E-state index in [1.165, 1.54) is 0 Å². The van der Waals surface area contributed by atoms with Crippen molar-refractivity contribution in [1.29, 1.82) is 0 Å². The number of nitrogens with zero attached hydrogens (tertiary/aromatic N) is 1. The maximum Gasteiger partial charge on any atom is 0.226 e. The van der Waals surface area contributed by atoms with Crippen molar-refractivity contribution >= 4 is 0 Å². The monoisotopic (exact) mass is 170 g/mol. The van der Waals surface area contributed by atoms with Crippen molar-refractivity contribution in [3.63, 3.8) is 0 Å². The minimum absolute atomic E-state index is 0.338. The third-order valence-electron chi connectivity index (χ3n) is 1.71. The summed E-state index contributed by atoms with van der Waals surface area (Å²) in [6.07, 6.45) is 2.03. The highest BCUT2D eigenvalue weighted by molar-refractivity contribution is 4.99. The Bertz CT molecular complexity index is 255. The van der Waals surface area contributed by atoms with Crippen LogP contribution in [0.4, 0.5) is 0 Å². The standard InChI is InChI=1S/C8H14N2O2/c1-6-5-10-7(12-6)8(2,11)3-4-9/h5,11H,3-4,9H2,1-2H3. The van der Waals surface area contributed by atoms with Crippen molar-refractivity contribution in [3.05, 3.63) is 17.8 Å². The predicted octanol–water partition coefficient (Wildman–Crippen LogP) is 0.539. The molecule has 1 unspecified atom stereocenters. The Morgan fingerprint density at radius 2 is 2.42 bits per heavy atom. The van der Waals surface area contributed by atoms with Crippen molar-refractivity contribution in [2.24, 2.45) is 5.73 Å². The Labute approximate surface area is 71.4 Å². The summed E-state index contributed by atoms with van der Waals surface area (Å²) < 4.78 is 5.18. The molecular formula is C8H14N2O2. The Morgan fingerprint density at radius 3 is 2.83 bits per heavy atom. The molecule has 0 amide bonds. The van der Waals surface area contributed by atoms with Crippen LogP contribution in [-0.4, -0.2) is 16.6 Å². The van der Waals surface area contributed by atoms with Gasteiger partial charge in [0.25, 0.3) is 0 Å². The molecule has 1 aromatic heterocycles. The molecule has 0 fully saturated rings. The lowest BCUT2D eigenvalue weighted by Crippen LogP contribution is -2.25. The average Bonchev–Trinajstić information content (AvgIpc) is 2.36. The quantitative estimate of drug-likeness (QED) is 0.694. The van der Waals surface area contributed by atoms with Crippen LogP contribution in [0.2, 0.25) is 0 Å². The van der Waals surface area contributed by atoms with Crippen molar-refractivity contribution in [2.75, 3.05) is 6.54 Å². The summed E-state index contributed by atoms with van der Waals surface area (Å²) in [5, 5.41) is 9.76. The molecule has 3 N–H and O–H groups in total. The van der Waals surface area contributed by atoms with Crippen LogP contribution in [0.3, 0.4) is 0 Å². The summed E-state index contributed by atoms with van der Waals surface area (Å²) in [4.78, 5) is 3.93. The first-order valence-corrected chi connectivity index (χ1v) is 3.91. The number of aliphatic hydroxyl groups is 1. The molecule has 0 saturated carbocycles. The fraction of sp³-hybridized carbons (Fsp3) is 0.625. The van der Waals surface area contributed by atoms with E-state index in [9.17, 15) is 5.11 Å². The molecule has 0 saturated heterocycles. The van der Waals surface area contributed by atoms with Crippen molar-refractivity contribution < 1.29 is 9.52 Å². The van der Waals surface area contributed by atoms with Gasteiger partial charge in [-0.15, -0.1) is 0 Å². The summed E-state index contributed by atoms with van der Waals surface area (Å²) in [6, 6.07) is 0. The molecule has 0 aliphatic carbocycles. The Hall–Kier alpha value is -0.870. The summed E-state index contributed by atoms with van der Waals surface area (Å²) in [7, 11) is 0. The molecule has 12 heavy (non-hydrogen) atoms. The number of rotatable bonds is 3. The van der Waals surface area contributed by atoms with Crippen molar-refractivity contribution in [3.8, 4) is 0 Å². The van der Waals surface area contributed by atoms with Gasteiger partial charge in [-0.05, 0) is 26.8 Å². The van der Waals surface area contributed by atoms with E-state index >= 15 is 0 Å². The van der Waals surface area contributed by atoms with Gasteiger partial charge in [0.15, 0.2) is 0 Å². The summed E-state index contributed by atoms with van der Waals surface area (Å²) >= 11 is 0. The molecule has 0 aliphatic rings. The highest BCUT2D eigenvalue weighted by Gasteiger charge is 2.27. The molecule has 4 nitrogen and oxygen atoms in total. The molecule has 0 spiro atoms. The zero-order valence-electron chi connectivity index (χ0n) is 7.37. The molecule has 1 heterocycles. The number of nitrogens with two attached hydrogens (primary N) is 1. The highest BCUT2D eigenvalue weighted by atomic mass is 16.4. The third-order valence-corrected chi connectivity index (χ3v) is 1.71. The van der Waals surface area contributed by atoms with E-state index in [1.807, 2.05) is 0 Å². The largest absolute Gasteiger partial charge is 0.443 e. The lowest BCUT2D eigenvalue weighted by molar-refractivity contribution is 0.0216. The number of oxazole rings is 1. The van der Waals surface area contributed by atoms with Crippen LogP contribution in [0.5, 0.6) is 0 Å². The lowest BCUT2D eigenvalue weighted by atomic mass is 10.0. The van der Waals surface area contributed by atoms with E-state index in [-0.39, 0.29) is 0 Å². The van der Waals surface area contributed by atoms with Gasteiger partial charge in [0, 0.05) is 0 Å². The van der Waals surface area contributed by atoms with Gasteiger partial charge in [0.2, 0.25) is 5.89 Å². The van der Waals surface area contributed by atoms with Crippen LogP contribution in [0, 0.1) is 6.92 Å². The Morgan fingerprint density at radius 1 is 1.75 bits per heavy atom. The molecule has 0 radical (unpaired) electrons. The molecular weight excluding hydrogens is 156 g/mol. The van der Waals surface area contributed by atoms with Crippen LogP contribution in [0.15, 0.2) is 10.6 Å². The molecule has 4 heteroatoms. The van der Waals surface area contributed by atoms with Crippen LogP contribution in [0.25, 0.3) is 0 Å². The van der Waals surface area contributed by atoms with E-state index in [0.29, 0.717) is 24.6 Å². The maximum atomic E-state index is 9.76. The SMILES string of the molecule is Cc1cnc(C(C)(O)CCN)o1. The van der Waals surface area contributed by atoms with E-state index < -0.39 is 5.60 Å². The van der Waals surface area contributed by atoms with E-state index in [1.54, 1.807) is 20.0 Å². The first kappa shape index (κ1) is 9.22. The average molecular weight is 170 g/mol. The van der Waals surface area contributed by atoms with Gasteiger partial charge in [0.1, 0.15) is 11.4 Å². The first-order valence-electron chi connectivity index (χ1n) is 3.91.